The van der Waals surface area contributed by atoms with E-state index in [-0.39, 0.29) is 24.3 Å². The Morgan fingerprint density at radius 1 is 1.21 bits per heavy atom. The van der Waals surface area contributed by atoms with Crippen molar-refractivity contribution in [3.8, 4) is 0 Å². The van der Waals surface area contributed by atoms with Gasteiger partial charge < -0.3 is 5.32 Å². The Hall–Kier alpha value is -2.20. The Morgan fingerprint density at radius 3 is 2.50 bits per heavy atom. The van der Waals surface area contributed by atoms with Gasteiger partial charge in [0.05, 0.1) is 6.54 Å². The number of nitrogens with one attached hydrogen (secondary N) is 1. The molecule has 0 saturated heterocycles. The van der Waals surface area contributed by atoms with Crippen LogP contribution in [0.1, 0.15) is 36.6 Å². The van der Waals surface area contributed by atoms with Crippen molar-refractivity contribution in [2.24, 2.45) is 0 Å². The van der Waals surface area contributed by atoms with Gasteiger partial charge in [-0.1, -0.05) is 37.3 Å². The molecule has 0 aliphatic carbocycles. The van der Waals surface area contributed by atoms with Crippen LogP contribution in [0.5, 0.6) is 0 Å². The molecular weight excluding hydrogens is 303 g/mol. The molecular formula is C20H25FN2O. The van der Waals surface area contributed by atoms with Gasteiger partial charge in [0.25, 0.3) is 0 Å². The lowest BCUT2D eigenvalue weighted by Crippen LogP contribution is -2.32. The maximum atomic E-state index is 13.0. The van der Waals surface area contributed by atoms with Gasteiger partial charge >= 0.3 is 0 Å². The molecule has 4 heteroatoms. The largest absolute Gasteiger partial charge is 0.324 e. The minimum absolute atomic E-state index is 0.0267. The van der Waals surface area contributed by atoms with Crippen molar-refractivity contribution in [3.05, 3.63) is 65.0 Å². The van der Waals surface area contributed by atoms with Crippen molar-refractivity contribution >= 4 is 11.6 Å². The lowest BCUT2D eigenvalue weighted by atomic mass is 10.1. The quantitative estimate of drug-likeness (QED) is 0.856. The number of halogens is 1. The van der Waals surface area contributed by atoms with Crippen molar-refractivity contribution in [1.82, 2.24) is 4.90 Å². The Balaban J connectivity index is 2.03. The lowest BCUT2D eigenvalue weighted by Gasteiger charge is -2.25. The molecule has 0 bridgehead atoms. The summed E-state index contributed by atoms with van der Waals surface area (Å²) in [6, 6.07) is 12.5. The number of carbonyl (C=O) groups excluding carboxylic acids is 1. The second-order valence-electron chi connectivity index (χ2n) is 6.15. The monoisotopic (exact) mass is 328 g/mol. The highest BCUT2D eigenvalue weighted by atomic mass is 19.1. The zero-order valence-electron chi connectivity index (χ0n) is 14.8. The molecule has 1 atom stereocenters. The normalized spacial score (nSPS) is 12.2. The van der Waals surface area contributed by atoms with Crippen LogP contribution in [0.4, 0.5) is 10.1 Å². The predicted molar refractivity (Wildman–Crippen MR) is 96.6 cm³/mol. The zero-order valence-corrected chi connectivity index (χ0v) is 14.8. The molecule has 2 rings (SSSR count). The first kappa shape index (κ1) is 18.1. The average Bonchev–Trinajstić information content (AvgIpc) is 2.56. The van der Waals surface area contributed by atoms with Crippen LogP contribution in [-0.4, -0.2) is 24.4 Å². The van der Waals surface area contributed by atoms with Gasteiger partial charge in [0, 0.05) is 11.7 Å². The number of benzene rings is 2. The van der Waals surface area contributed by atoms with Crippen molar-refractivity contribution in [2.45, 2.75) is 33.2 Å². The Kier molecular flexibility index (Phi) is 6.10. The topological polar surface area (TPSA) is 32.3 Å². The van der Waals surface area contributed by atoms with E-state index in [0.29, 0.717) is 0 Å². The van der Waals surface area contributed by atoms with Gasteiger partial charge in [0.15, 0.2) is 0 Å². The van der Waals surface area contributed by atoms with Gasteiger partial charge in [0.2, 0.25) is 5.91 Å². The number of anilines is 1. The third kappa shape index (κ3) is 4.42. The fourth-order valence-corrected chi connectivity index (χ4v) is 2.74. The highest BCUT2D eigenvalue weighted by molar-refractivity contribution is 5.93. The lowest BCUT2D eigenvalue weighted by molar-refractivity contribution is -0.117. The summed E-state index contributed by atoms with van der Waals surface area (Å²) in [5.41, 5.74) is 4.10. The summed E-state index contributed by atoms with van der Waals surface area (Å²) in [7, 11) is 1.90. The average molecular weight is 328 g/mol. The van der Waals surface area contributed by atoms with Gasteiger partial charge in [-0.2, -0.15) is 0 Å². The summed E-state index contributed by atoms with van der Waals surface area (Å²) in [6.45, 7) is 6.36. The molecule has 24 heavy (non-hydrogen) atoms. The molecule has 0 aromatic heterocycles. The van der Waals surface area contributed by atoms with E-state index in [1.165, 1.54) is 12.1 Å². The second-order valence-corrected chi connectivity index (χ2v) is 6.15. The van der Waals surface area contributed by atoms with Crippen molar-refractivity contribution in [2.75, 3.05) is 18.9 Å². The van der Waals surface area contributed by atoms with Crippen LogP contribution in [0.15, 0.2) is 42.5 Å². The molecule has 0 aliphatic heterocycles. The predicted octanol–water partition coefficient (Wildman–Crippen LogP) is 4.33. The molecule has 0 fully saturated rings. The smallest absolute Gasteiger partial charge is 0.238 e. The van der Waals surface area contributed by atoms with Gasteiger partial charge in [-0.3, -0.25) is 9.69 Å². The van der Waals surface area contributed by atoms with Crippen molar-refractivity contribution < 1.29 is 9.18 Å². The standard InChI is InChI=1S/C20H25FN2O/c1-5-16-8-6-7-14(2)20(16)22-19(24)13-23(4)15(3)17-9-11-18(21)12-10-17/h6-12,15H,5,13H2,1-4H3,(H,22,24). The number of aryl methyl sites for hydroxylation is 2. The van der Waals surface area contributed by atoms with E-state index in [0.717, 1.165) is 28.8 Å². The molecule has 2 aromatic rings. The molecule has 1 N–H and O–H groups in total. The van der Waals surface area contributed by atoms with Gasteiger partial charge in [-0.05, 0) is 56.1 Å². The van der Waals surface area contributed by atoms with Gasteiger partial charge in [-0.15, -0.1) is 0 Å². The summed E-state index contributed by atoms with van der Waals surface area (Å²) < 4.78 is 13.0. The molecule has 3 nitrogen and oxygen atoms in total. The van der Waals surface area contributed by atoms with E-state index in [4.69, 9.17) is 0 Å². The van der Waals surface area contributed by atoms with Crippen molar-refractivity contribution in [3.63, 3.8) is 0 Å². The molecule has 0 radical (unpaired) electrons. The van der Waals surface area contributed by atoms with Crippen LogP contribution in [0.2, 0.25) is 0 Å². The number of hydrogen-bond donors (Lipinski definition) is 1. The van der Waals surface area contributed by atoms with E-state index >= 15 is 0 Å². The van der Waals surface area contributed by atoms with Crippen LogP contribution >= 0.6 is 0 Å². The van der Waals surface area contributed by atoms with Gasteiger partial charge in [-0.25, -0.2) is 4.39 Å². The van der Waals surface area contributed by atoms with Crippen LogP contribution in [0.3, 0.4) is 0 Å². The number of rotatable bonds is 6. The SMILES string of the molecule is CCc1cccc(C)c1NC(=O)CN(C)C(C)c1ccc(F)cc1. The minimum atomic E-state index is -0.252. The number of amides is 1. The van der Waals surface area contributed by atoms with Crippen LogP contribution in [0, 0.1) is 12.7 Å². The number of nitrogens with zero attached hydrogens (tertiary/aromatic N) is 1. The summed E-state index contributed by atoms with van der Waals surface area (Å²) in [4.78, 5) is 14.4. The second kappa shape index (κ2) is 8.06. The van der Waals surface area contributed by atoms with Crippen LogP contribution < -0.4 is 5.32 Å². The number of carbonyl (C=O) groups is 1. The highest BCUT2D eigenvalue weighted by Crippen LogP contribution is 2.22. The fourth-order valence-electron chi connectivity index (χ4n) is 2.74. The molecule has 0 saturated carbocycles. The summed E-state index contributed by atoms with van der Waals surface area (Å²) >= 11 is 0. The van der Waals surface area contributed by atoms with E-state index in [9.17, 15) is 9.18 Å². The number of para-hydroxylation sites is 1. The minimum Gasteiger partial charge on any atom is -0.324 e. The molecule has 0 spiro atoms. The van der Waals surface area contributed by atoms with Crippen LogP contribution in [0.25, 0.3) is 0 Å². The fraction of sp³-hybridized carbons (Fsp3) is 0.350. The Labute approximate surface area is 143 Å². The first-order chi connectivity index (χ1) is 11.4. The maximum Gasteiger partial charge on any atom is 0.238 e. The molecule has 0 aliphatic rings. The summed E-state index contributed by atoms with van der Waals surface area (Å²) in [5, 5.41) is 3.04. The molecule has 1 unspecified atom stereocenters. The summed E-state index contributed by atoms with van der Waals surface area (Å²) in [6.07, 6.45) is 0.874. The number of hydrogen-bond acceptors (Lipinski definition) is 2. The van der Waals surface area contributed by atoms with Crippen molar-refractivity contribution in [1.29, 1.82) is 0 Å². The molecule has 1 amide bonds. The highest BCUT2D eigenvalue weighted by Gasteiger charge is 2.16. The Morgan fingerprint density at radius 2 is 1.88 bits per heavy atom. The van der Waals surface area contributed by atoms with Gasteiger partial charge in [0.1, 0.15) is 5.82 Å². The number of likely N-dealkylation sites (N-methyl/N-ethyl adjacent to an activating group) is 1. The van der Waals surface area contributed by atoms with E-state index in [1.807, 2.05) is 44.0 Å². The van der Waals surface area contributed by atoms with E-state index < -0.39 is 0 Å². The molecule has 128 valence electrons. The first-order valence-electron chi connectivity index (χ1n) is 8.26. The zero-order chi connectivity index (χ0) is 17.7. The van der Waals surface area contributed by atoms with Crippen LogP contribution in [-0.2, 0) is 11.2 Å². The summed E-state index contributed by atoms with van der Waals surface area (Å²) in [5.74, 6) is -0.298. The molecule has 2 aromatic carbocycles. The van der Waals surface area contributed by atoms with E-state index in [2.05, 4.69) is 12.2 Å². The maximum absolute atomic E-state index is 13.0. The Bertz CT molecular complexity index is 697. The third-order valence-corrected chi connectivity index (χ3v) is 4.41. The van der Waals surface area contributed by atoms with E-state index in [1.54, 1.807) is 12.1 Å². The molecule has 0 heterocycles. The first-order valence-corrected chi connectivity index (χ1v) is 8.26. The third-order valence-electron chi connectivity index (χ3n) is 4.41.